The lowest BCUT2D eigenvalue weighted by Gasteiger charge is -2.12. The van der Waals surface area contributed by atoms with E-state index in [-0.39, 0.29) is 30.5 Å². The summed E-state index contributed by atoms with van der Waals surface area (Å²) in [6.07, 6.45) is 2.70. The number of hydrogen-bond donors (Lipinski definition) is 1. The highest BCUT2D eigenvalue weighted by Gasteiger charge is 2.18. The Hall–Kier alpha value is -3.10. The highest BCUT2D eigenvalue weighted by molar-refractivity contribution is 5.90. The van der Waals surface area contributed by atoms with Crippen LogP contribution in [0.3, 0.4) is 0 Å². The summed E-state index contributed by atoms with van der Waals surface area (Å²) >= 11 is 0. The number of benzene rings is 1. The van der Waals surface area contributed by atoms with Gasteiger partial charge in [-0.3, -0.25) is 9.36 Å². The van der Waals surface area contributed by atoms with E-state index in [4.69, 9.17) is 0 Å². The SMILES string of the molecule is Cc1nc(C(=O)NCCc2nccn2C(F)F)nn1-c1ccccc1C(C)C. The number of nitrogens with zero attached hydrogens (tertiary/aromatic N) is 5. The molecule has 0 radical (unpaired) electrons. The molecule has 28 heavy (non-hydrogen) atoms. The van der Waals surface area contributed by atoms with Crippen LogP contribution in [0.5, 0.6) is 0 Å². The van der Waals surface area contributed by atoms with Gasteiger partial charge in [0.2, 0.25) is 5.82 Å². The van der Waals surface area contributed by atoms with E-state index < -0.39 is 12.5 Å². The lowest BCUT2D eigenvalue weighted by atomic mass is 10.0. The van der Waals surface area contributed by atoms with E-state index in [9.17, 15) is 13.6 Å². The molecule has 0 aliphatic rings. The summed E-state index contributed by atoms with van der Waals surface area (Å²) in [5.74, 6) is 0.658. The van der Waals surface area contributed by atoms with Gasteiger partial charge in [-0.1, -0.05) is 32.0 Å². The third-order valence-electron chi connectivity index (χ3n) is 4.35. The molecule has 3 aromatic rings. The van der Waals surface area contributed by atoms with Gasteiger partial charge < -0.3 is 5.32 Å². The smallest absolute Gasteiger partial charge is 0.319 e. The van der Waals surface area contributed by atoms with E-state index in [1.165, 1.54) is 12.4 Å². The van der Waals surface area contributed by atoms with Crippen LogP contribution in [0, 0.1) is 6.92 Å². The molecule has 3 rings (SSSR count). The highest BCUT2D eigenvalue weighted by atomic mass is 19.3. The first-order valence-electron chi connectivity index (χ1n) is 8.99. The van der Waals surface area contributed by atoms with E-state index in [0.717, 1.165) is 15.8 Å². The Morgan fingerprint density at radius 3 is 2.71 bits per heavy atom. The van der Waals surface area contributed by atoms with Gasteiger partial charge in [-0.2, -0.15) is 8.78 Å². The van der Waals surface area contributed by atoms with Gasteiger partial charge in [0.1, 0.15) is 11.6 Å². The highest BCUT2D eigenvalue weighted by Crippen LogP contribution is 2.23. The predicted octanol–water partition coefficient (Wildman–Crippen LogP) is 3.26. The van der Waals surface area contributed by atoms with Gasteiger partial charge in [-0.25, -0.2) is 14.6 Å². The second-order valence-corrected chi connectivity index (χ2v) is 6.64. The van der Waals surface area contributed by atoms with Crippen molar-refractivity contribution in [2.45, 2.75) is 39.7 Å². The second kappa shape index (κ2) is 8.28. The fourth-order valence-electron chi connectivity index (χ4n) is 2.97. The average Bonchev–Trinajstić information content (AvgIpc) is 3.28. The standard InChI is InChI=1S/C19H22F2N6O/c1-12(2)14-6-4-5-7-15(14)27-13(3)24-17(25-27)18(28)23-9-8-16-22-10-11-26(16)19(20)21/h4-7,10-12,19H,8-9H2,1-3H3,(H,23,28). The van der Waals surface area contributed by atoms with Gasteiger partial charge in [0, 0.05) is 25.4 Å². The molecule has 0 atom stereocenters. The lowest BCUT2D eigenvalue weighted by molar-refractivity contribution is 0.0670. The fraction of sp³-hybridized carbons (Fsp3) is 0.368. The topological polar surface area (TPSA) is 77.6 Å². The Kier molecular flexibility index (Phi) is 5.81. The first-order chi connectivity index (χ1) is 13.4. The van der Waals surface area contributed by atoms with Crippen molar-refractivity contribution < 1.29 is 13.6 Å². The molecule has 0 aliphatic heterocycles. The van der Waals surface area contributed by atoms with E-state index in [2.05, 4.69) is 34.2 Å². The van der Waals surface area contributed by atoms with Crippen LogP contribution in [0.2, 0.25) is 0 Å². The summed E-state index contributed by atoms with van der Waals surface area (Å²) in [6, 6.07) is 7.82. The zero-order valence-corrected chi connectivity index (χ0v) is 15.9. The maximum absolute atomic E-state index is 12.8. The van der Waals surface area contributed by atoms with E-state index >= 15 is 0 Å². The second-order valence-electron chi connectivity index (χ2n) is 6.64. The van der Waals surface area contributed by atoms with Crippen LogP contribution in [0.15, 0.2) is 36.7 Å². The summed E-state index contributed by atoms with van der Waals surface area (Å²) in [5, 5.41) is 6.99. The molecule has 9 heteroatoms. The average molecular weight is 388 g/mol. The minimum atomic E-state index is -2.66. The van der Waals surface area contributed by atoms with Gasteiger partial charge >= 0.3 is 6.55 Å². The van der Waals surface area contributed by atoms with Crippen molar-refractivity contribution >= 4 is 5.91 Å². The molecule has 2 heterocycles. The van der Waals surface area contributed by atoms with Gasteiger partial charge in [-0.15, -0.1) is 5.10 Å². The Labute approximate surface area is 161 Å². The fourth-order valence-corrected chi connectivity index (χ4v) is 2.97. The summed E-state index contributed by atoms with van der Waals surface area (Å²) in [6.45, 7) is 3.44. The molecular weight excluding hydrogens is 366 g/mol. The number of carbonyl (C=O) groups is 1. The molecule has 1 amide bonds. The van der Waals surface area contributed by atoms with Crippen LogP contribution in [-0.4, -0.2) is 36.8 Å². The molecule has 148 valence electrons. The van der Waals surface area contributed by atoms with Crippen molar-refractivity contribution in [1.29, 1.82) is 0 Å². The van der Waals surface area contributed by atoms with Crippen molar-refractivity contribution in [3.05, 3.63) is 59.7 Å². The molecular formula is C19H22F2N6O. The van der Waals surface area contributed by atoms with Crippen LogP contribution in [0.1, 0.15) is 54.1 Å². The molecule has 1 aromatic carbocycles. The summed E-state index contributed by atoms with van der Waals surface area (Å²) in [4.78, 5) is 20.5. The minimum absolute atomic E-state index is 0.0354. The van der Waals surface area contributed by atoms with Crippen LogP contribution in [0.25, 0.3) is 5.69 Å². The number of carbonyl (C=O) groups excluding carboxylic acids is 1. The number of aryl methyl sites for hydroxylation is 1. The van der Waals surface area contributed by atoms with Gasteiger partial charge in [0.25, 0.3) is 5.91 Å². The number of imidazole rings is 1. The monoisotopic (exact) mass is 388 g/mol. The Morgan fingerprint density at radius 2 is 2.00 bits per heavy atom. The van der Waals surface area contributed by atoms with Crippen molar-refractivity contribution in [2.24, 2.45) is 0 Å². The Balaban J connectivity index is 1.71. The molecule has 7 nitrogen and oxygen atoms in total. The third-order valence-corrected chi connectivity index (χ3v) is 4.35. The molecule has 0 spiro atoms. The maximum Gasteiger partial charge on any atom is 0.319 e. The molecule has 2 aromatic heterocycles. The minimum Gasteiger partial charge on any atom is -0.349 e. The number of halogens is 2. The van der Waals surface area contributed by atoms with E-state index in [1.807, 2.05) is 24.3 Å². The van der Waals surface area contributed by atoms with Crippen molar-refractivity contribution in [2.75, 3.05) is 6.54 Å². The maximum atomic E-state index is 12.8. The van der Waals surface area contributed by atoms with Gasteiger partial charge in [0.05, 0.1) is 5.69 Å². The van der Waals surface area contributed by atoms with E-state index in [0.29, 0.717) is 5.82 Å². The zero-order chi connectivity index (χ0) is 20.3. The summed E-state index contributed by atoms with van der Waals surface area (Å²) < 4.78 is 28.1. The van der Waals surface area contributed by atoms with Crippen molar-refractivity contribution in [1.82, 2.24) is 29.6 Å². The largest absolute Gasteiger partial charge is 0.349 e. The number of para-hydroxylation sites is 1. The lowest BCUT2D eigenvalue weighted by Crippen LogP contribution is -2.27. The molecule has 0 saturated carbocycles. The normalized spacial score (nSPS) is 11.4. The van der Waals surface area contributed by atoms with Crippen molar-refractivity contribution in [3.63, 3.8) is 0 Å². The van der Waals surface area contributed by atoms with Crippen LogP contribution in [-0.2, 0) is 6.42 Å². The number of nitrogens with one attached hydrogen (secondary N) is 1. The quantitative estimate of drug-likeness (QED) is 0.674. The molecule has 0 fully saturated rings. The van der Waals surface area contributed by atoms with E-state index in [1.54, 1.807) is 11.6 Å². The van der Waals surface area contributed by atoms with Crippen LogP contribution in [0.4, 0.5) is 8.78 Å². The van der Waals surface area contributed by atoms with Crippen LogP contribution >= 0.6 is 0 Å². The predicted molar refractivity (Wildman–Crippen MR) is 99.7 cm³/mol. The number of amides is 1. The number of aromatic nitrogens is 5. The number of hydrogen-bond acceptors (Lipinski definition) is 4. The third kappa shape index (κ3) is 4.08. The Bertz CT molecular complexity index is 963. The first-order valence-corrected chi connectivity index (χ1v) is 8.99. The van der Waals surface area contributed by atoms with Gasteiger partial charge in [-0.05, 0) is 24.5 Å². The number of rotatable bonds is 7. The molecule has 0 unspecified atom stereocenters. The summed E-state index contributed by atoms with van der Waals surface area (Å²) in [5.41, 5.74) is 1.97. The Morgan fingerprint density at radius 1 is 1.25 bits per heavy atom. The van der Waals surface area contributed by atoms with Crippen molar-refractivity contribution in [3.8, 4) is 5.69 Å². The number of alkyl halides is 2. The zero-order valence-electron chi connectivity index (χ0n) is 15.9. The summed E-state index contributed by atoms with van der Waals surface area (Å²) in [7, 11) is 0. The molecule has 0 saturated heterocycles. The molecule has 0 aliphatic carbocycles. The molecule has 0 bridgehead atoms. The van der Waals surface area contributed by atoms with Gasteiger partial charge in [0.15, 0.2) is 0 Å². The van der Waals surface area contributed by atoms with Crippen LogP contribution < -0.4 is 5.32 Å². The first kappa shape index (κ1) is 19.7. The molecule has 1 N–H and O–H groups in total.